The van der Waals surface area contributed by atoms with E-state index in [0.717, 1.165) is 33.7 Å². The summed E-state index contributed by atoms with van der Waals surface area (Å²) >= 11 is 0. The van der Waals surface area contributed by atoms with Crippen molar-refractivity contribution in [3.05, 3.63) is 107 Å². The van der Waals surface area contributed by atoms with Crippen LogP contribution in [0.15, 0.2) is 90.0 Å². The summed E-state index contributed by atoms with van der Waals surface area (Å²) in [5.41, 5.74) is 2.90. The van der Waals surface area contributed by atoms with Gasteiger partial charge in [0.1, 0.15) is 5.75 Å². The number of rotatable bonds is 4. The molecule has 222 valence electrons. The van der Waals surface area contributed by atoms with Gasteiger partial charge in [0.25, 0.3) is 11.8 Å². The lowest BCUT2D eigenvalue weighted by Gasteiger charge is -2.52. The summed E-state index contributed by atoms with van der Waals surface area (Å²) in [4.78, 5) is 58.4. The first kappa shape index (κ1) is 25.5. The van der Waals surface area contributed by atoms with Gasteiger partial charge in [-0.2, -0.15) is 10.1 Å². The average Bonchev–Trinajstić information content (AvgIpc) is 3.81. The molecule has 3 aromatic rings. The Hall–Kier alpha value is -4.85. The highest BCUT2D eigenvalue weighted by Gasteiger charge is 2.70. The molecule has 0 spiro atoms. The van der Waals surface area contributed by atoms with Crippen molar-refractivity contribution in [3.8, 4) is 5.75 Å². The molecule has 8 heteroatoms. The lowest BCUT2D eigenvalue weighted by atomic mass is 9.47. The number of nitrogens with zero attached hydrogens (tertiary/aromatic N) is 3. The van der Waals surface area contributed by atoms with Crippen molar-refractivity contribution < 1.29 is 23.9 Å². The Morgan fingerprint density at radius 2 is 1.31 bits per heavy atom. The van der Waals surface area contributed by atoms with Crippen molar-refractivity contribution in [2.75, 3.05) is 12.0 Å². The van der Waals surface area contributed by atoms with Gasteiger partial charge in [-0.05, 0) is 64.5 Å². The number of hydrazone groups is 1. The summed E-state index contributed by atoms with van der Waals surface area (Å²) in [6, 6.07) is 22.9. The average molecular weight is 596 g/mol. The maximum Gasteiger partial charge on any atom is 0.254 e. The van der Waals surface area contributed by atoms with Gasteiger partial charge in [-0.15, -0.1) is 0 Å². The van der Waals surface area contributed by atoms with Crippen LogP contribution in [0.1, 0.15) is 34.6 Å². The second-order valence-corrected chi connectivity index (χ2v) is 13.6. The predicted molar refractivity (Wildman–Crippen MR) is 163 cm³/mol. The molecule has 2 aliphatic heterocycles. The van der Waals surface area contributed by atoms with Crippen molar-refractivity contribution in [3.63, 3.8) is 0 Å². The van der Waals surface area contributed by atoms with E-state index in [4.69, 9.17) is 9.84 Å². The highest BCUT2D eigenvalue weighted by Crippen LogP contribution is 2.66. The summed E-state index contributed by atoms with van der Waals surface area (Å²) in [5.74, 6) is -2.19. The highest BCUT2D eigenvalue weighted by molar-refractivity contribution is 6.25. The van der Waals surface area contributed by atoms with E-state index >= 15 is 0 Å². The van der Waals surface area contributed by atoms with Gasteiger partial charge < -0.3 is 4.74 Å². The first-order valence-corrected chi connectivity index (χ1v) is 15.8. The molecule has 0 N–H and O–H groups in total. The molecule has 2 saturated heterocycles. The van der Waals surface area contributed by atoms with E-state index in [9.17, 15) is 19.2 Å². The van der Waals surface area contributed by atoms with E-state index in [1.807, 2.05) is 48.5 Å². The van der Waals surface area contributed by atoms with Crippen LogP contribution in [-0.4, -0.2) is 42.0 Å². The van der Waals surface area contributed by atoms with Crippen molar-refractivity contribution in [1.29, 1.82) is 0 Å². The van der Waals surface area contributed by atoms with Gasteiger partial charge >= 0.3 is 0 Å². The Kier molecular flexibility index (Phi) is 4.78. The van der Waals surface area contributed by atoms with E-state index in [1.54, 1.807) is 30.5 Å². The fourth-order valence-corrected chi connectivity index (χ4v) is 10.3. The smallest absolute Gasteiger partial charge is 0.254 e. The molecular formula is C37H29N3O5. The lowest BCUT2D eigenvalue weighted by molar-refractivity contribution is -0.140. The second kappa shape index (κ2) is 8.44. The maximum absolute atomic E-state index is 14.7. The second-order valence-electron chi connectivity index (χ2n) is 13.6. The van der Waals surface area contributed by atoms with Gasteiger partial charge in [-0.3, -0.25) is 19.2 Å². The molecule has 45 heavy (non-hydrogen) atoms. The van der Waals surface area contributed by atoms with Crippen molar-refractivity contribution in [2.24, 2.45) is 52.4 Å². The van der Waals surface area contributed by atoms with Crippen LogP contribution in [0.2, 0.25) is 0 Å². The lowest BCUT2D eigenvalue weighted by Crippen LogP contribution is -2.55. The van der Waals surface area contributed by atoms with Gasteiger partial charge in [-0.1, -0.05) is 72.8 Å². The van der Waals surface area contributed by atoms with Crippen LogP contribution in [0, 0.1) is 47.3 Å². The standard InChI is InChI=1S/C37H29N3O5/c1-45-27-13-7-6-12-26(27)39-33(41)31-28-20-8-2-4-10-24(20)37(32(31)36(39)44,25-11-5-3-9-21(25)28)17-38-40-34(42)29-18-14-15-19(23-16-22(18)23)30(29)35(40)43/h2-15,17-19,22-23,28-32H,16H2,1H3/b38-17-/t18-,19-,22-,23+,28?,29+,30+,31+,32-,37?/m0/s1. The molecule has 8 atom stereocenters. The summed E-state index contributed by atoms with van der Waals surface area (Å²) in [6.07, 6.45) is 7.02. The molecule has 3 aromatic carbocycles. The van der Waals surface area contributed by atoms with Crippen molar-refractivity contribution in [2.45, 2.75) is 17.8 Å². The third-order valence-corrected chi connectivity index (χ3v) is 12.0. The molecule has 2 heterocycles. The van der Waals surface area contributed by atoms with E-state index in [0.29, 0.717) is 23.3 Å². The molecule has 9 aliphatic rings. The number of anilines is 1. The predicted octanol–water partition coefficient (Wildman–Crippen LogP) is 4.28. The number of carbonyl (C=O) groups excluding carboxylic acids is 4. The number of benzene rings is 3. The summed E-state index contributed by atoms with van der Waals surface area (Å²) in [5, 5.41) is 5.85. The Labute approximate surface area is 259 Å². The number of allylic oxidation sites excluding steroid dienone is 2. The number of hydrogen-bond acceptors (Lipinski definition) is 6. The number of carbonyl (C=O) groups is 4. The van der Waals surface area contributed by atoms with E-state index in [1.165, 1.54) is 12.0 Å². The minimum atomic E-state index is -1.18. The quantitative estimate of drug-likeness (QED) is 0.255. The van der Waals surface area contributed by atoms with E-state index in [2.05, 4.69) is 12.2 Å². The molecule has 8 nitrogen and oxygen atoms in total. The summed E-state index contributed by atoms with van der Waals surface area (Å²) in [6.45, 7) is 0. The Balaban J connectivity index is 1.16. The minimum Gasteiger partial charge on any atom is -0.495 e. The Morgan fingerprint density at radius 3 is 1.93 bits per heavy atom. The largest absolute Gasteiger partial charge is 0.495 e. The molecule has 12 rings (SSSR count). The fraction of sp³-hybridized carbons (Fsp3) is 0.324. The molecular weight excluding hydrogens is 566 g/mol. The summed E-state index contributed by atoms with van der Waals surface area (Å²) in [7, 11) is 1.52. The molecule has 7 aliphatic carbocycles. The molecule has 4 fully saturated rings. The van der Waals surface area contributed by atoms with E-state index in [-0.39, 0.29) is 53.2 Å². The monoisotopic (exact) mass is 595 g/mol. The van der Waals surface area contributed by atoms with Gasteiger partial charge in [-0.25, -0.2) is 4.90 Å². The Morgan fingerprint density at radius 1 is 0.733 bits per heavy atom. The minimum absolute atomic E-state index is 0.0826. The van der Waals surface area contributed by atoms with Gasteiger partial charge in [0, 0.05) is 12.1 Å². The normalized spacial score (nSPS) is 37.6. The molecule has 2 saturated carbocycles. The van der Waals surface area contributed by atoms with Gasteiger partial charge in [0.2, 0.25) is 11.8 Å². The molecule has 0 aromatic heterocycles. The molecule has 4 amide bonds. The number of para-hydroxylation sites is 2. The van der Waals surface area contributed by atoms with Crippen molar-refractivity contribution in [1.82, 2.24) is 5.01 Å². The number of amides is 4. The third-order valence-electron chi connectivity index (χ3n) is 12.0. The van der Waals surface area contributed by atoms with Crippen LogP contribution in [-0.2, 0) is 24.6 Å². The van der Waals surface area contributed by atoms with Gasteiger partial charge in [0.15, 0.2) is 0 Å². The van der Waals surface area contributed by atoms with Crippen LogP contribution in [0.5, 0.6) is 5.75 Å². The molecule has 0 radical (unpaired) electrons. The number of ether oxygens (including phenoxy) is 1. The zero-order valence-corrected chi connectivity index (χ0v) is 24.4. The van der Waals surface area contributed by atoms with Crippen molar-refractivity contribution >= 4 is 35.5 Å². The summed E-state index contributed by atoms with van der Waals surface area (Å²) < 4.78 is 5.58. The number of hydrogen-bond donors (Lipinski definition) is 0. The maximum atomic E-state index is 14.7. The zero-order chi connectivity index (χ0) is 30.4. The van der Waals surface area contributed by atoms with Crippen LogP contribution in [0.25, 0.3) is 0 Å². The zero-order valence-electron chi connectivity index (χ0n) is 24.4. The first-order valence-electron chi connectivity index (χ1n) is 15.8. The molecule has 4 bridgehead atoms. The molecule has 0 unspecified atom stereocenters. The van der Waals surface area contributed by atoms with Crippen LogP contribution in [0.4, 0.5) is 5.69 Å². The number of imide groups is 2. The van der Waals surface area contributed by atoms with Crippen LogP contribution in [0.3, 0.4) is 0 Å². The van der Waals surface area contributed by atoms with Crippen LogP contribution < -0.4 is 9.64 Å². The highest BCUT2D eigenvalue weighted by atomic mass is 16.5. The first-order chi connectivity index (χ1) is 22.0. The van der Waals surface area contributed by atoms with Gasteiger partial charge in [0.05, 0.1) is 41.9 Å². The Bertz CT molecular complexity index is 1880. The topological polar surface area (TPSA) is 96.3 Å². The van der Waals surface area contributed by atoms with E-state index < -0.39 is 17.3 Å². The third kappa shape index (κ3) is 2.87. The van der Waals surface area contributed by atoms with Crippen LogP contribution >= 0.6 is 0 Å². The fourth-order valence-electron chi connectivity index (χ4n) is 10.3. The number of methoxy groups -OCH3 is 1. The SMILES string of the molecule is COc1ccccc1N1C(=O)[C@@H]2C3c4ccccc4C(/C=N\N4C(=O)[C@@H]5[C@H]6C=C[C@@H]([C@@H]7C[C@H]67)[C@H]5C4=O)(c4ccccc43)[C@@H]2C1=O.